The lowest BCUT2D eigenvalue weighted by Gasteiger charge is -2.50. The highest BCUT2D eigenvalue weighted by Crippen LogP contribution is 2.54. The summed E-state index contributed by atoms with van der Waals surface area (Å²) in [5.74, 6) is 5.34. The van der Waals surface area contributed by atoms with Crippen molar-refractivity contribution in [2.45, 2.75) is 128 Å². The van der Waals surface area contributed by atoms with Crippen LogP contribution < -0.4 is 0 Å². The quantitative estimate of drug-likeness (QED) is 0.498. The summed E-state index contributed by atoms with van der Waals surface area (Å²) in [4.78, 5) is 3.28. The molecule has 6 atom stereocenters. The van der Waals surface area contributed by atoms with Gasteiger partial charge >= 0.3 is 0 Å². The Balaban J connectivity index is 1.50. The molecule has 1 aliphatic heterocycles. The van der Waals surface area contributed by atoms with Crippen LogP contribution in [0.1, 0.15) is 110 Å². The molecule has 0 bridgehead atoms. The van der Waals surface area contributed by atoms with E-state index < -0.39 is 0 Å². The van der Waals surface area contributed by atoms with E-state index in [0.717, 1.165) is 47.7 Å². The number of rotatable bonds is 1. The molecule has 5 rings (SSSR count). The predicted octanol–water partition coefficient (Wildman–Crippen LogP) is 6.80. The number of nitrogens with zero attached hydrogens (tertiary/aromatic N) is 1. The van der Waals surface area contributed by atoms with Gasteiger partial charge < -0.3 is 0 Å². The first kappa shape index (κ1) is 18.0. The van der Waals surface area contributed by atoms with Crippen LogP contribution in [0.25, 0.3) is 0 Å². The van der Waals surface area contributed by atoms with E-state index in [4.69, 9.17) is 0 Å². The summed E-state index contributed by atoms with van der Waals surface area (Å²) in [6, 6.07) is 2.89. The highest BCUT2D eigenvalue weighted by Gasteiger charge is 2.51. The van der Waals surface area contributed by atoms with Crippen LogP contribution in [0.4, 0.5) is 0 Å². The molecule has 0 amide bonds. The van der Waals surface area contributed by atoms with Gasteiger partial charge in [0.2, 0.25) is 0 Å². The molecular formula is C25H43N. The number of likely N-dealkylation sites (tertiary alicyclic amines) is 1. The van der Waals surface area contributed by atoms with Crippen molar-refractivity contribution < 1.29 is 0 Å². The van der Waals surface area contributed by atoms with Crippen molar-refractivity contribution in [1.29, 1.82) is 0 Å². The van der Waals surface area contributed by atoms with E-state index in [0.29, 0.717) is 0 Å². The van der Waals surface area contributed by atoms with Gasteiger partial charge in [0, 0.05) is 18.1 Å². The van der Waals surface area contributed by atoms with E-state index in [1.807, 2.05) is 0 Å². The minimum absolute atomic E-state index is 0.947. The summed E-state index contributed by atoms with van der Waals surface area (Å²) in [6.07, 6.45) is 24.7. The largest absolute Gasteiger partial charge is 0.294 e. The Morgan fingerprint density at radius 2 is 0.885 bits per heavy atom. The summed E-state index contributed by atoms with van der Waals surface area (Å²) in [6.45, 7) is 2.50. The van der Waals surface area contributed by atoms with Gasteiger partial charge in [-0.05, 0) is 93.8 Å². The highest BCUT2D eigenvalue weighted by atomic mass is 15.2. The summed E-state index contributed by atoms with van der Waals surface area (Å²) >= 11 is 0. The van der Waals surface area contributed by atoms with Crippen LogP contribution in [-0.4, -0.2) is 23.0 Å². The molecule has 0 aromatic carbocycles. The van der Waals surface area contributed by atoms with E-state index >= 15 is 0 Å². The first-order chi connectivity index (χ1) is 12.8. The van der Waals surface area contributed by atoms with Gasteiger partial charge in [0.15, 0.2) is 0 Å². The highest BCUT2D eigenvalue weighted by molar-refractivity contribution is 5.04. The van der Waals surface area contributed by atoms with Crippen LogP contribution >= 0.6 is 0 Å². The first-order valence-corrected chi connectivity index (χ1v) is 12.6. The zero-order chi connectivity index (χ0) is 17.5. The second-order valence-corrected chi connectivity index (χ2v) is 11.0. The Bertz CT molecular complexity index is 433. The normalized spacial score (nSPS) is 50.2. The third-order valence-electron chi connectivity index (χ3n) is 9.71. The second kappa shape index (κ2) is 7.76. The van der Waals surface area contributed by atoms with Gasteiger partial charge in [-0.1, -0.05) is 45.4 Å². The molecule has 26 heavy (non-hydrogen) atoms. The Morgan fingerprint density at radius 3 is 1.38 bits per heavy atom. The fourth-order valence-corrected chi connectivity index (χ4v) is 8.60. The monoisotopic (exact) mass is 357 g/mol. The lowest BCUT2D eigenvalue weighted by Crippen LogP contribution is -2.55. The molecule has 148 valence electrons. The molecule has 0 N–H and O–H groups in total. The van der Waals surface area contributed by atoms with Crippen LogP contribution in [0.2, 0.25) is 0 Å². The number of hydrogen-bond donors (Lipinski definition) is 0. The Hall–Kier alpha value is -0.0400. The zero-order valence-electron chi connectivity index (χ0n) is 17.4. The molecule has 1 heterocycles. The fourth-order valence-electron chi connectivity index (χ4n) is 8.60. The Morgan fingerprint density at radius 1 is 0.462 bits per heavy atom. The maximum Gasteiger partial charge on any atom is 0.0132 e. The molecule has 1 saturated heterocycles. The summed E-state index contributed by atoms with van der Waals surface area (Å²) in [5, 5.41) is 0. The SMILES string of the molecule is CC1CCC(N2C3CCCCC3C3CCCCC3C3CCCCC32)CC1. The molecule has 1 nitrogen and oxygen atoms in total. The smallest absolute Gasteiger partial charge is 0.0132 e. The van der Waals surface area contributed by atoms with Crippen molar-refractivity contribution in [3.05, 3.63) is 0 Å². The zero-order valence-corrected chi connectivity index (χ0v) is 17.4. The molecule has 0 aromatic heterocycles. The molecule has 1 heteroatoms. The van der Waals surface area contributed by atoms with Gasteiger partial charge in [-0.2, -0.15) is 0 Å². The van der Waals surface area contributed by atoms with Crippen LogP contribution in [-0.2, 0) is 0 Å². The minimum atomic E-state index is 0.947. The molecule has 6 unspecified atom stereocenters. The molecule has 4 aliphatic carbocycles. The van der Waals surface area contributed by atoms with E-state index in [1.165, 1.54) is 51.4 Å². The minimum Gasteiger partial charge on any atom is -0.294 e. The van der Waals surface area contributed by atoms with E-state index in [-0.39, 0.29) is 0 Å². The maximum atomic E-state index is 3.28. The lowest BCUT2D eigenvalue weighted by molar-refractivity contribution is -0.0161. The van der Waals surface area contributed by atoms with Crippen LogP contribution in [0.3, 0.4) is 0 Å². The Labute approximate surface area is 162 Å². The third-order valence-corrected chi connectivity index (χ3v) is 9.71. The average molecular weight is 358 g/mol. The van der Waals surface area contributed by atoms with Crippen molar-refractivity contribution in [3.63, 3.8) is 0 Å². The van der Waals surface area contributed by atoms with Gasteiger partial charge in [-0.3, -0.25) is 4.90 Å². The number of hydrogen-bond acceptors (Lipinski definition) is 1. The van der Waals surface area contributed by atoms with Crippen molar-refractivity contribution in [3.8, 4) is 0 Å². The topological polar surface area (TPSA) is 3.24 Å². The van der Waals surface area contributed by atoms with Crippen molar-refractivity contribution in [2.75, 3.05) is 0 Å². The van der Waals surface area contributed by atoms with Crippen LogP contribution in [0.15, 0.2) is 0 Å². The lowest BCUT2D eigenvalue weighted by atomic mass is 9.62. The molecule has 5 aliphatic rings. The second-order valence-electron chi connectivity index (χ2n) is 11.0. The van der Waals surface area contributed by atoms with Crippen molar-refractivity contribution >= 4 is 0 Å². The summed E-state index contributed by atoms with van der Waals surface area (Å²) in [5.41, 5.74) is 0. The summed E-state index contributed by atoms with van der Waals surface area (Å²) in [7, 11) is 0. The number of fused-ring (bicyclic) bond motifs is 5. The van der Waals surface area contributed by atoms with E-state index in [1.54, 1.807) is 51.4 Å². The summed E-state index contributed by atoms with van der Waals surface area (Å²) < 4.78 is 0. The van der Waals surface area contributed by atoms with Crippen molar-refractivity contribution in [1.82, 2.24) is 4.90 Å². The first-order valence-electron chi connectivity index (χ1n) is 12.6. The van der Waals surface area contributed by atoms with Crippen LogP contribution in [0, 0.1) is 29.6 Å². The van der Waals surface area contributed by atoms with E-state index in [2.05, 4.69) is 11.8 Å². The van der Waals surface area contributed by atoms with Gasteiger partial charge in [0.05, 0.1) is 0 Å². The molecular weight excluding hydrogens is 314 g/mol. The molecule has 5 fully saturated rings. The maximum absolute atomic E-state index is 3.28. The molecule has 0 radical (unpaired) electrons. The van der Waals surface area contributed by atoms with E-state index in [9.17, 15) is 0 Å². The van der Waals surface area contributed by atoms with Crippen LogP contribution in [0.5, 0.6) is 0 Å². The van der Waals surface area contributed by atoms with Gasteiger partial charge in [-0.25, -0.2) is 0 Å². The third kappa shape index (κ3) is 3.19. The van der Waals surface area contributed by atoms with Crippen molar-refractivity contribution in [2.24, 2.45) is 29.6 Å². The standard InChI is InChI=1S/C25H43N/c1-18-14-16-19(17-15-18)26-24-12-6-4-10-22(24)20-8-2-3-9-21(20)23-11-5-7-13-25(23)26/h18-25H,2-17H2,1H3. The average Bonchev–Trinajstić information content (AvgIpc) is 2.82. The molecule has 0 spiro atoms. The molecule has 0 aromatic rings. The van der Waals surface area contributed by atoms with Gasteiger partial charge in [-0.15, -0.1) is 0 Å². The van der Waals surface area contributed by atoms with Gasteiger partial charge in [0.25, 0.3) is 0 Å². The fraction of sp³-hybridized carbons (Fsp3) is 1.00. The molecule has 4 saturated carbocycles. The predicted molar refractivity (Wildman–Crippen MR) is 110 cm³/mol. The van der Waals surface area contributed by atoms with Gasteiger partial charge in [0.1, 0.15) is 0 Å². The Kier molecular flexibility index (Phi) is 5.38.